The molecule has 1 saturated carbocycles. The third kappa shape index (κ3) is 5.12. The maximum absolute atomic E-state index is 12.9. The number of hydrogen-bond acceptors (Lipinski definition) is 7. The first-order valence-corrected chi connectivity index (χ1v) is 11.6. The molecule has 2 aromatic carbocycles. The summed E-state index contributed by atoms with van der Waals surface area (Å²) in [6, 6.07) is 12.2. The zero-order chi connectivity index (χ0) is 23.5. The van der Waals surface area contributed by atoms with Crippen LogP contribution < -0.4 is 15.2 Å². The maximum atomic E-state index is 12.9. The van der Waals surface area contributed by atoms with Crippen LogP contribution in [-0.4, -0.2) is 37.7 Å². The van der Waals surface area contributed by atoms with Crippen molar-refractivity contribution in [2.24, 2.45) is 11.7 Å². The lowest BCUT2D eigenvalue weighted by Gasteiger charge is -2.14. The lowest BCUT2D eigenvalue weighted by Crippen LogP contribution is -2.22. The first-order chi connectivity index (χ1) is 15.9. The van der Waals surface area contributed by atoms with E-state index in [1.165, 1.54) is 25.6 Å². The minimum absolute atomic E-state index is 0.143. The van der Waals surface area contributed by atoms with Gasteiger partial charge in [-0.1, -0.05) is 29.8 Å². The minimum atomic E-state index is -0.891. The number of halogens is 1. The van der Waals surface area contributed by atoms with Crippen LogP contribution in [0.4, 0.5) is 0 Å². The molecule has 172 valence electrons. The Balaban J connectivity index is 1.78. The van der Waals surface area contributed by atoms with E-state index in [4.69, 9.17) is 31.5 Å². The Morgan fingerprint density at radius 1 is 1.15 bits per heavy atom. The number of benzene rings is 2. The Bertz CT molecular complexity index is 1190. The topological polar surface area (TPSA) is 101 Å². The summed E-state index contributed by atoms with van der Waals surface area (Å²) >= 11 is 7.39. The Hall–Kier alpha value is -3.10. The lowest BCUT2D eigenvalue weighted by atomic mass is 9.98. The molecule has 1 amide bonds. The molecule has 7 nitrogen and oxygen atoms in total. The van der Waals surface area contributed by atoms with Crippen molar-refractivity contribution in [3.63, 3.8) is 0 Å². The summed E-state index contributed by atoms with van der Waals surface area (Å²) in [7, 11) is 3.04. The number of carbonyl (C=O) groups excluding carboxylic acids is 2. The molecule has 1 fully saturated rings. The number of nitrogens with zero attached hydrogens (tertiary/aromatic N) is 1. The number of ether oxygens (including phenoxy) is 3. The highest BCUT2D eigenvalue weighted by molar-refractivity contribution is 7.15. The summed E-state index contributed by atoms with van der Waals surface area (Å²) in [4.78, 5) is 30.6. The number of methoxy groups -OCH3 is 2. The first kappa shape index (κ1) is 23.1. The van der Waals surface area contributed by atoms with Crippen LogP contribution in [0, 0.1) is 5.92 Å². The van der Waals surface area contributed by atoms with Crippen molar-refractivity contribution in [2.45, 2.75) is 18.8 Å². The zero-order valence-electron chi connectivity index (χ0n) is 18.2. The zero-order valence-corrected chi connectivity index (χ0v) is 19.7. The van der Waals surface area contributed by atoms with Crippen molar-refractivity contribution in [3.8, 4) is 21.9 Å². The number of esters is 1. The molecular formula is C24H23ClN2O5S. The van der Waals surface area contributed by atoms with E-state index in [1.807, 2.05) is 6.07 Å². The predicted octanol–water partition coefficient (Wildman–Crippen LogP) is 4.66. The molecule has 0 bridgehead atoms. The highest BCUT2D eigenvalue weighted by atomic mass is 35.5. The van der Waals surface area contributed by atoms with Crippen molar-refractivity contribution in [2.75, 3.05) is 20.8 Å². The van der Waals surface area contributed by atoms with E-state index in [-0.39, 0.29) is 5.69 Å². The molecule has 1 unspecified atom stereocenters. The van der Waals surface area contributed by atoms with Crippen molar-refractivity contribution in [1.29, 1.82) is 0 Å². The fraction of sp³-hybridized carbons (Fsp3) is 0.292. The molecule has 0 saturated heterocycles. The van der Waals surface area contributed by atoms with Gasteiger partial charge < -0.3 is 19.9 Å². The van der Waals surface area contributed by atoms with Crippen molar-refractivity contribution in [1.82, 2.24) is 4.98 Å². The smallest absolute Gasteiger partial charge is 0.358 e. The molecule has 1 heterocycles. The van der Waals surface area contributed by atoms with Gasteiger partial charge in [0.25, 0.3) is 0 Å². The van der Waals surface area contributed by atoms with E-state index < -0.39 is 17.8 Å². The minimum Gasteiger partial charge on any atom is -0.493 e. The molecule has 2 N–H and O–H groups in total. The third-order valence-electron chi connectivity index (χ3n) is 5.34. The number of rotatable bonds is 9. The lowest BCUT2D eigenvalue weighted by molar-refractivity contribution is -0.118. The maximum Gasteiger partial charge on any atom is 0.358 e. The van der Waals surface area contributed by atoms with Crippen LogP contribution >= 0.6 is 22.9 Å². The van der Waals surface area contributed by atoms with Crippen molar-refractivity contribution < 1.29 is 23.8 Å². The molecule has 0 aliphatic heterocycles. The second kappa shape index (κ2) is 9.80. The molecule has 3 aromatic rings. The molecule has 0 spiro atoms. The molecule has 1 aliphatic carbocycles. The number of thiazole rings is 1. The molecule has 1 atom stereocenters. The third-order valence-corrected chi connectivity index (χ3v) is 6.75. The van der Waals surface area contributed by atoms with E-state index in [2.05, 4.69) is 4.98 Å². The van der Waals surface area contributed by atoms with Crippen LogP contribution in [0.3, 0.4) is 0 Å². The number of carbonyl (C=O) groups is 2. The Labute approximate surface area is 200 Å². The molecule has 4 rings (SSSR count). The molecular weight excluding hydrogens is 464 g/mol. The first-order valence-electron chi connectivity index (χ1n) is 10.4. The normalized spacial score (nSPS) is 13.9. The van der Waals surface area contributed by atoms with Crippen LogP contribution in [0.25, 0.3) is 10.4 Å². The van der Waals surface area contributed by atoms with Gasteiger partial charge in [0.2, 0.25) is 5.91 Å². The number of aromatic nitrogens is 1. The second-order valence-corrected chi connectivity index (χ2v) is 9.20. The summed E-state index contributed by atoms with van der Waals surface area (Å²) in [5.74, 6) is -0.643. The van der Waals surface area contributed by atoms with Gasteiger partial charge >= 0.3 is 5.97 Å². The van der Waals surface area contributed by atoms with Gasteiger partial charge in [-0.2, -0.15) is 0 Å². The highest BCUT2D eigenvalue weighted by Crippen LogP contribution is 2.39. The van der Waals surface area contributed by atoms with Gasteiger partial charge in [-0.05, 0) is 54.2 Å². The van der Waals surface area contributed by atoms with Gasteiger partial charge in [0.1, 0.15) is 10.9 Å². The van der Waals surface area contributed by atoms with Crippen LogP contribution in [0.2, 0.25) is 5.02 Å². The van der Waals surface area contributed by atoms with Crippen LogP contribution in [-0.2, 0) is 9.53 Å². The SMILES string of the molecule is COc1ccc(C(C(N)=O)c2nc(C(=O)OCC3CC3)c(-c3cccc(Cl)c3)s2)cc1OC. The van der Waals surface area contributed by atoms with Crippen molar-refractivity contribution >= 4 is 34.8 Å². The van der Waals surface area contributed by atoms with E-state index in [0.717, 1.165) is 12.8 Å². The van der Waals surface area contributed by atoms with Gasteiger partial charge in [0.05, 0.1) is 25.7 Å². The largest absolute Gasteiger partial charge is 0.493 e. The van der Waals surface area contributed by atoms with Crippen LogP contribution in [0.1, 0.15) is 39.8 Å². The molecule has 1 aromatic heterocycles. The Morgan fingerprint density at radius 3 is 2.55 bits per heavy atom. The number of nitrogens with two attached hydrogens (primary N) is 1. The summed E-state index contributed by atoms with van der Waals surface area (Å²) in [6.07, 6.45) is 2.11. The van der Waals surface area contributed by atoms with Gasteiger partial charge in [-0.3, -0.25) is 4.79 Å². The van der Waals surface area contributed by atoms with Gasteiger partial charge in [0, 0.05) is 5.02 Å². The predicted molar refractivity (Wildman–Crippen MR) is 126 cm³/mol. The van der Waals surface area contributed by atoms with E-state index in [1.54, 1.807) is 36.4 Å². The average molecular weight is 487 g/mol. The average Bonchev–Trinajstić information content (AvgIpc) is 3.54. The fourth-order valence-corrected chi connectivity index (χ4v) is 4.81. The van der Waals surface area contributed by atoms with Gasteiger partial charge in [0.15, 0.2) is 17.2 Å². The monoisotopic (exact) mass is 486 g/mol. The van der Waals surface area contributed by atoms with E-state index in [0.29, 0.717) is 50.1 Å². The standard InChI is InChI=1S/C24H23ClN2O5S/c1-30-17-9-8-14(11-18(17)31-2)19(22(26)28)23-27-20(24(29)32-12-13-6-7-13)21(33-23)15-4-3-5-16(25)10-15/h3-5,8-11,13,19H,6-7,12H2,1-2H3,(H2,26,28). The fourth-order valence-electron chi connectivity index (χ4n) is 3.43. The molecule has 9 heteroatoms. The summed E-state index contributed by atoms with van der Waals surface area (Å²) in [6.45, 7) is 0.357. The van der Waals surface area contributed by atoms with Gasteiger partial charge in [-0.25, -0.2) is 9.78 Å². The number of amides is 1. The molecule has 33 heavy (non-hydrogen) atoms. The summed E-state index contributed by atoms with van der Waals surface area (Å²) < 4.78 is 16.1. The van der Waals surface area contributed by atoms with Gasteiger partial charge in [-0.15, -0.1) is 11.3 Å². The highest BCUT2D eigenvalue weighted by Gasteiger charge is 2.31. The Kier molecular flexibility index (Phi) is 6.85. The Morgan fingerprint density at radius 2 is 1.91 bits per heavy atom. The second-order valence-electron chi connectivity index (χ2n) is 7.73. The van der Waals surface area contributed by atoms with E-state index >= 15 is 0 Å². The summed E-state index contributed by atoms with van der Waals surface area (Å²) in [5.41, 5.74) is 7.21. The molecule has 1 aliphatic rings. The number of primary amides is 1. The number of hydrogen-bond donors (Lipinski definition) is 1. The van der Waals surface area contributed by atoms with E-state index in [9.17, 15) is 9.59 Å². The van der Waals surface area contributed by atoms with Crippen LogP contribution in [0.5, 0.6) is 11.5 Å². The van der Waals surface area contributed by atoms with Crippen molar-refractivity contribution in [3.05, 3.63) is 63.8 Å². The molecule has 0 radical (unpaired) electrons. The summed E-state index contributed by atoms with van der Waals surface area (Å²) in [5, 5.41) is 0.897. The van der Waals surface area contributed by atoms with Crippen LogP contribution in [0.15, 0.2) is 42.5 Å². The quantitative estimate of drug-likeness (QED) is 0.441.